The Morgan fingerprint density at radius 1 is 1.12 bits per heavy atom. The number of carbonyl (C=O) groups excluding carboxylic acids is 1. The first-order valence-electron chi connectivity index (χ1n) is 7.39. The Morgan fingerprint density at radius 3 is 2.58 bits per heavy atom. The van der Waals surface area contributed by atoms with E-state index < -0.39 is 0 Å². The molecule has 1 aliphatic rings. The fourth-order valence-corrected chi connectivity index (χ4v) is 3.61. The van der Waals surface area contributed by atoms with Gasteiger partial charge in [0.2, 0.25) is 5.91 Å². The Hall–Kier alpha value is -1.69. The summed E-state index contributed by atoms with van der Waals surface area (Å²) < 4.78 is 0. The molecule has 1 saturated heterocycles. The number of para-hydroxylation sites is 2. The second-order valence-electron chi connectivity index (χ2n) is 5.14. The van der Waals surface area contributed by atoms with E-state index in [2.05, 4.69) is 10.3 Å². The Labute approximate surface area is 154 Å². The van der Waals surface area contributed by atoms with Crippen LogP contribution in [0.1, 0.15) is 0 Å². The first-order chi connectivity index (χ1) is 11.6. The average molecular weight is 380 g/mol. The predicted octanol–water partition coefficient (Wildman–Crippen LogP) is 4.67. The van der Waals surface area contributed by atoms with Gasteiger partial charge in [-0.05, 0) is 24.3 Å². The summed E-state index contributed by atoms with van der Waals surface area (Å²) in [4.78, 5) is 18.8. The number of halogens is 2. The normalized spacial score (nSPS) is 15.8. The minimum absolute atomic E-state index is 0.127. The average Bonchev–Trinajstić information content (AvgIpc) is 2.99. The van der Waals surface area contributed by atoms with E-state index in [0.717, 1.165) is 17.5 Å². The lowest BCUT2D eigenvalue weighted by Gasteiger charge is -2.17. The van der Waals surface area contributed by atoms with Crippen molar-refractivity contribution < 1.29 is 4.79 Å². The molecule has 124 valence electrons. The third-order valence-corrected chi connectivity index (χ3v) is 5.06. The first kappa shape index (κ1) is 17.1. The molecule has 0 atom stereocenters. The smallest absolute Gasteiger partial charge is 0.244 e. The van der Waals surface area contributed by atoms with Crippen molar-refractivity contribution in [2.45, 2.75) is 0 Å². The SMILES string of the molecule is O=C(CN1CCSC1=Nc1ccccc1Cl)Nc1ccccc1Cl. The molecule has 7 heteroatoms. The topological polar surface area (TPSA) is 44.7 Å². The van der Waals surface area contributed by atoms with E-state index in [4.69, 9.17) is 23.2 Å². The molecule has 4 nitrogen and oxygen atoms in total. The molecule has 2 aromatic carbocycles. The van der Waals surface area contributed by atoms with Crippen LogP contribution < -0.4 is 5.32 Å². The zero-order valence-corrected chi connectivity index (χ0v) is 15.0. The Kier molecular flexibility index (Phi) is 5.66. The lowest BCUT2D eigenvalue weighted by atomic mass is 10.3. The van der Waals surface area contributed by atoms with Crippen LogP contribution in [0.3, 0.4) is 0 Å². The molecule has 1 heterocycles. The number of anilines is 1. The molecule has 0 spiro atoms. The highest BCUT2D eigenvalue weighted by molar-refractivity contribution is 8.14. The highest BCUT2D eigenvalue weighted by atomic mass is 35.5. The maximum absolute atomic E-state index is 12.3. The van der Waals surface area contributed by atoms with Crippen molar-refractivity contribution in [3.63, 3.8) is 0 Å². The molecule has 1 fully saturated rings. The van der Waals surface area contributed by atoms with Gasteiger partial charge in [0.25, 0.3) is 0 Å². The molecule has 0 radical (unpaired) electrons. The molecular formula is C17H15Cl2N3OS. The molecule has 1 N–H and O–H groups in total. The number of amides is 1. The van der Waals surface area contributed by atoms with Crippen LogP contribution in [0.15, 0.2) is 53.5 Å². The van der Waals surface area contributed by atoms with Gasteiger partial charge in [-0.15, -0.1) is 0 Å². The van der Waals surface area contributed by atoms with E-state index in [1.54, 1.807) is 30.0 Å². The maximum atomic E-state index is 12.3. The number of thioether (sulfide) groups is 1. The van der Waals surface area contributed by atoms with Crippen LogP contribution >= 0.6 is 35.0 Å². The fourth-order valence-electron chi connectivity index (χ4n) is 2.25. The van der Waals surface area contributed by atoms with Crippen LogP contribution in [-0.4, -0.2) is 34.8 Å². The van der Waals surface area contributed by atoms with Crippen LogP contribution in [0, 0.1) is 0 Å². The van der Waals surface area contributed by atoms with Crippen molar-refractivity contribution in [3.8, 4) is 0 Å². The van der Waals surface area contributed by atoms with Crippen LogP contribution in [0.4, 0.5) is 11.4 Å². The molecule has 3 rings (SSSR count). The van der Waals surface area contributed by atoms with Crippen molar-refractivity contribution in [1.29, 1.82) is 0 Å². The van der Waals surface area contributed by atoms with Gasteiger partial charge in [0.15, 0.2) is 5.17 Å². The van der Waals surface area contributed by atoms with Gasteiger partial charge in [-0.2, -0.15) is 0 Å². The zero-order chi connectivity index (χ0) is 16.9. The van der Waals surface area contributed by atoms with E-state index in [1.807, 2.05) is 35.2 Å². The number of hydrogen-bond acceptors (Lipinski definition) is 3. The Morgan fingerprint density at radius 2 is 1.83 bits per heavy atom. The summed E-state index contributed by atoms with van der Waals surface area (Å²) in [6, 6.07) is 14.6. The largest absolute Gasteiger partial charge is 0.341 e. The van der Waals surface area contributed by atoms with Crippen molar-refractivity contribution >= 4 is 57.4 Å². The molecule has 0 aromatic heterocycles. The van der Waals surface area contributed by atoms with Crippen LogP contribution in [0.5, 0.6) is 0 Å². The molecular weight excluding hydrogens is 365 g/mol. The molecule has 1 aliphatic heterocycles. The molecule has 0 saturated carbocycles. The summed E-state index contributed by atoms with van der Waals surface area (Å²) in [6.07, 6.45) is 0. The predicted molar refractivity (Wildman–Crippen MR) is 103 cm³/mol. The highest BCUT2D eigenvalue weighted by Gasteiger charge is 2.22. The second kappa shape index (κ2) is 7.92. The monoisotopic (exact) mass is 379 g/mol. The van der Waals surface area contributed by atoms with E-state index in [1.165, 1.54) is 0 Å². The first-order valence-corrected chi connectivity index (χ1v) is 9.13. The molecule has 2 aromatic rings. The summed E-state index contributed by atoms with van der Waals surface area (Å²) in [6.45, 7) is 0.991. The molecule has 0 bridgehead atoms. The van der Waals surface area contributed by atoms with Gasteiger partial charge in [-0.25, -0.2) is 4.99 Å². The molecule has 1 amide bonds. The standard InChI is InChI=1S/C17H15Cl2N3OS/c18-12-5-1-3-7-14(12)20-16(23)11-22-9-10-24-17(22)21-15-8-4-2-6-13(15)19/h1-8H,9-11H2,(H,20,23). The molecule has 24 heavy (non-hydrogen) atoms. The van der Waals surface area contributed by atoms with E-state index in [-0.39, 0.29) is 12.5 Å². The number of benzene rings is 2. The van der Waals surface area contributed by atoms with Crippen LogP contribution in [0.25, 0.3) is 0 Å². The van der Waals surface area contributed by atoms with Crippen molar-refractivity contribution in [2.75, 3.05) is 24.2 Å². The van der Waals surface area contributed by atoms with Crippen LogP contribution in [-0.2, 0) is 4.79 Å². The lowest BCUT2D eigenvalue weighted by molar-refractivity contribution is -0.116. The van der Waals surface area contributed by atoms with Gasteiger partial charge in [0.05, 0.1) is 28.0 Å². The minimum atomic E-state index is -0.127. The fraction of sp³-hybridized carbons (Fsp3) is 0.176. The molecule has 0 aliphatic carbocycles. The van der Waals surface area contributed by atoms with Gasteiger partial charge in [0.1, 0.15) is 0 Å². The summed E-state index contributed by atoms with van der Waals surface area (Å²) in [5.41, 5.74) is 1.32. The van der Waals surface area contributed by atoms with Gasteiger partial charge >= 0.3 is 0 Å². The van der Waals surface area contributed by atoms with E-state index in [9.17, 15) is 4.79 Å². The third kappa shape index (κ3) is 4.23. The number of nitrogens with one attached hydrogen (secondary N) is 1. The molecule has 0 unspecified atom stereocenters. The summed E-state index contributed by atoms with van der Waals surface area (Å²) in [7, 11) is 0. The van der Waals surface area contributed by atoms with Crippen molar-refractivity contribution in [1.82, 2.24) is 4.90 Å². The lowest BCUT2D eigenvalue weighted by Crippen LogP contribution is -2.33. The van der Waals surface area contributed by atoms with Gasteiger partial charge < -0.3 is 10.2 Å². The minimum Gasteiger partial charge on any atom is -0.341 e. The summed E-state index contributed by atoms with van der Waals surface area (Å²) >= 11 is 13.8. The van der Waals surface area contributed by atoms with Crippen molar-refractivity contribution in [2.24, 2.45) is 4.99 Å². The Balaban J connectivity index is 1.69. The maximum Gasteiger partial charge on any atom is 0.244 e. The second-order valence-corrected chi connectivity index (χ2v) is 7.02. The number of aliphatic imine (C=N–C) groups is 1. The van der Waals surface area contributed by atoms with Crippen molar-refractivity contribution in [3.05, 3.63) is 58.6 Å². The summed E-state index contributed by atoms with van der Waals surface area (Å²) in [5, 5.41) is 4.75. The number of nitrogens with zero attached hydrogens (tertiary/aromatic N) is 2. The quantitative estimate of drug-likeness (QED) is 0.839. The zero-order valence-electron chi connectivity index (χ0n) is 12.7. The van der Waals surface area contributed by atoms with Gasteiger partial charge in [-0.3, -0.25) is 4.79 Å². The third-order valence-electron chi connectivity index (χ3n) is 3.41. The van der Waals surface area contributed by atoms with Gasteiger partial charge in [0, 0.05) is 12.3 Å². The Bertz CT molecular complexity index is 782. The van der Waals surface area contributed by atoms with E-state index >= 15 is 0 Å². The van der Waals surface area contributed by atoms with E-state index in [0.29, 0.717) is 21.4 Å². The van der Waals surface area contributed by atoms with Gasteiger partial charge in [-0.1, -0.05) is 59.2 Å². The summed E-state index contributed by atoms with van der Waals surface area (Å²) in [5.74, 6) is 0.764. The number of hydrogen-bond donors (Lipinski definition) is 1. The number of carbonyl (C=O) groups is 1. The van der Waals surface area contributed by atoms with Crippen LogP contribution in [0.2, 0.25) is 10.0 Å². The highest BCUT2D eigenvalue weighted by Crippen LogP contribution is 2.28. The number of rotatable bonds is 4. The number of amidine groups is 1.